The Labute approximate surface area is 125 Å². The number of nitrogens with two attached hydrogens (primary N) is 1. The molecule has 0 aromatic carbocycles. The molecule has 0 amide bonds. The van der Waals surface area contributed by atoms with Crippen LogP contribution in [0.4, 0.5) is 5.69 Å². The number of carbonyl (C=O) groups excluding carboxylic acids is 1. The van der Waals surface area contributed by atoms with Crippen LogP contribution in [0.25, 0.3) is 0 Å². The maximum absolute atomic E-state index is 11.8. The first kappa shape index (κ1) is 14.5. The highest BCUT2D eigenvalue weighted by atomic mass is 79.9. The Morgan fingerprint density at radius 2 is 2.20 bits per heavy atom. The summed E-state index contributed by atoms with van der Waals surface area (Å²) in [5, 5.41) is 4.19. The molecule has 0 aliphatic rings. The Kier molecular flexibility index (Phi) is 4.39. The maximum atomic E-state index is 11.8. The van der Waals surface area contributed by atoms with Crippen molar-refractivity contribution in [3.63, 3.8) is 0 Å². The summed E-state index contributed by atoms with van der Waals surface area (Å²) in [7, 11) is 0. The van der Waals surface area contributed by atoms with Gasteiger partial charge in [0.15, 0.2) is 0 Å². The molecule has 2 N–H and O–H groups in total. The van der Waals surface area contributed by atoms with E-state index in [4.69, 9.17) is 10.5 Å². The third-order valence-corrected chi connectivity index (χ3v) is 3.36. The first-order chi connectivity index (χ1) is 9.47. The van der Waals surface area contributed by atoms with Crippen LogP contribution in [-0.2, 0) is 22.7 Å². The molecular weight excluding hydrogens is 324 g/mol. The fourth-order valence-electron chi connectivity index (χ4n) is 1.68. The van der Waals surface area contributed by atoms with Crippen molar-refractivity contribution in [2.75, 3.05) is 5.73 Å². The maximum Gasteiger partial charge on any atom is 0.328 e. The summed E-state index contributed by atoms with van der Waals surface area (Å²) in [4.78, 5) is 15.9. The molecule has 2 aromatic heterocycles. The van der Waals surface area contributed by atoms with Crippen LogP contribution in [0.1, 0.15) is 17.1 Å². The quantitative estimate of drug-likeness (QED) is 0.862. The molecule has 6 nitrogen and oxygen atoms in total. The van der Waals surface area contributed by atoms with Gasteiger partial charge in [0.1, 0.15) is 13.2 Å². The number of aryl methyl sites for hydroxylation is 1. The molecule has 106 valence electrons. The molecule has 0 unspecified atom stereocenters. The first-order valence-electron chi connectivity index (χ1n) is 6.03. The standard InChI is InChI=1S/C13H15BrN4O2/c1-8-13(15)9(2)18(17-8)6-12(19)20-7-11-4-3-10(14)5-16-11/h3-5H,6-7,15H2,1-2H3. The highest BCUT2D eigenvalue weighted by molar-refractivity contribution is 9.10. The van der Waals surface area contributed by atoms with Crippen molar-refractivity contribution >= 4 is 27.6 Å². The minimum absolute atomic E-state index is 0.0421. The summed E-state index contributed by atoms with van der Waals surface area (Å²) in [6.45, 7) is 3.80. The van der Waals surface area contributed by atoms with Crippen molar-refractivity contribution in [2.24, 2.45) is 0 Å². The lowest BCUT2D eigenvalue weighted by molar-refractivity contribution is -0.146. The van der Waals surface area contributed by atoms with Gasteiger partial charge in [-0.3, -0.25) is 14.5 Å². The van der Waals surface area contributed by atoms with Crippen molar-refractivity contribution in [2.45, 2.75) is 27.0 Å². The summed E-state index contributed by atoms with van der Waals surface area (Å²) in [6.07, 6.45) is 1.66. The molecule has 0 saturated carbocycles. The molecule has 0 aliphatic carbocycles. The molecule has 7 heteroatoms. The zero-order valence-electron chi connectivity index (χ0n) is 11.3. The molecule has 0 atom stereocenters. The minimum Gasteiger partial charge on any atom is -0.458 e. The van der Waals surface area contributed by atoms with E-state index in [1.807, 2.05) is 13.0 Å². The van der Waals surface area contributed by atoms with Crippen molar-refractivity contribution in [3.05, 3.63) is 39.9 Å². The second-order valence-electron chi connectivity index (χ2n) is 4.37. The average molecular weight is 339 g/mol. The molecule has 2 rings (SSSR count). The molecule has 0 radical (unpaired) electrons. The number of hydrogen-bond donors (Lipinski definition) is 1. The van der Waals surface area contributed by atoms with E-state index in [0.29, 0.717) is 17.1 Å². The van der Waals surface area contributed by atoms with Gasteiger partial charge in [-0.2, -0.15) is 5.10 Å². The number of ether oxygens (including phenoxy) is 1. The van der Waals surface area contributed by atoms with Crippen LogP contribution in [-0.4, -0.2) is 20.7 Å². The zero-order valence-corrected chi connectivity index (χ0v) is 12.8. The third kappa shape index (κ3) is 3.36. The Balaban J connectivity index is 1.92. The monoisotopic (exact) mass is 338 g/mol. The van der Waals surface area contributed by atoms with Crippen LogP contribution in [0.15, 0.2) is 22.8 Å². The van der Waals surface area contributed by atoms with E-state index in [-0.39, 0.29) is 19.1 Å². The van der Waals surface area contributed by atoms with Crippen molar-refractivity contribution in [1.82, 2.24) is 14.8 Å². The third-order valence-electron chi connectivity index (χ3n) is 2.89. The molecule has 2 aromatic rings. The van der Waals surface area contributed by atoms with Gasteiger partial charge in [0.25, 0.3) is 0 Å². The lowest BCUT2D eigenvalue weighted by Gasteiger charge is -2.06. The first-order valence-corrected chi connectivity index (χ1v) is 6.82. The van der Waals surface area contributed by atoms with Crippen LogP contribution in [0.5, 0.6) is 0 Å². The van der Waals surface area contributed by atoms with E-state index in [9.17, 15) is 4.79 Å². The SMILES string of the molecule is Cc1nn(CC(=O)OCc2ccc(Br)cn2)c(C)c1N. The lowest BCUT2D eigenvalue weighted by atomic mass is 10.3. The van der Waals surface area contributed by atoms with E-state index < -0.39 is 0 Å². The summed E-state index contributed by atoms with van der Waals surface area (Å²) in [6, 6.07) is 3.64. The molecule has 0 saturated heterocycles. The number of rotatable bonds is 4. The Hall–Kier alpha value is -1.89. The highest BCUT2D eigenvalue weighted by Crippen LogP contribution is 2.14. The molecule has 0 fully saturated rings. The van der Waals surface area contributed by atoms with Crippen molar-refractivity contribution in [1.29, 1.82) is 0 Å². The van der Waals surface area contributed by atoms with Crippen LogP contribution in [0, 0.1) is 13.8 Å². The summed E-state index contributed by atoms with van der Waals surface area (Å²) in [5.41, 5.74) is 8.58. The van der Waals surface area contributed by atoms with Crippen molar-refractivity contribution in [3.8, 4) is 0 Å². The van der Waals surface area contributed by atoms with Gasteiger partial charge in [-0.15, -0.1) is 0 Å². The number of anilines is 1. The molecule has 0 bridgehead atoms. The van der Waals surface area contributed by atoms with E-state index >= 15 is 0 Å². The number of hydrogen-bond acceptors (Lipinski definition) is 5. The number of carbonyl (C=O) groups is 1. The number of halogens is 1. The van der Waals surface area contributed by atoms with E-state index in [1.165, 1.54) is 0 Å². The molecule has 2 heterocycles. The predicted octanol–water partition coefficient (Wildman–Crippen LogP) is 1.98. The van der Waals surface area contributed by atoms with E-state index in [1.54, 1.807) is 23.9 Å². The highest BCUT2D eigenvalue weighted by Gasteiger charge is 2.12. The number of nitrogens with zero attached hydrogens (tertiary/aromatic N) is 3. The van der Waals surface area contributed by atoms with E-state index in [2.05, 4.69) is 26.0 Å². The number of aromatic nitrogens is 3. The Morgan fingerprint density at radius 1 is 1.45 bits per heavy atom. The summed E-state index contributed by atoms with van der Waals surface area (Å²) in [5.74, 6) is -0.375. The second kappa shape index (κ2) is 6.04. The zero-order chi connectivity index (χ0) is 14.7. The number of nitrogen functional groups attached to an aromatic ring is 1. The fourth-order valence-corrected chi connectivity index (χ4v) is 1.91. The normalized spacial score (nSPS) is 10.6. The Morgan fingerprint density at radius 3 is 2.75 bits per heavy atom. The topological polar surface area (TPSA) is 83.0 Å². The summed E-state index contributed by atoms with van der Waals surface area (Å²) >= 11 is 3.29. The second-order valence-corrected chi connectivity index (χ2v) is 5.29. The van der Waals surface area contributed by atoms with Gasteiger partial charge in [0.05, 0.1) is 22.8 Å². The van der Waals surface area contributed by atoms with E-state index in [0.717, 1.165) is 10.2 Å². The Bertz CT molecular complexity index is 622. The minimum atomic E-state index is -0.375. The van der Waals surface area contributed by atoms with Crippen LogP contribution in [0.2, 0.25) is 0 Å². The summed E-state index contributed by atoms with van der Waals surface area (Å²) < 4.78 is 7.58. The number of pyridine rings is 1. The van der Waals surface area contributed by atoms with Gasteiger partial charge in [-0.05, 0) is 41.9 Å². The molecular formula is C13H15BrN4O2. The largest absolute Gasteiger partial charge is 0.458 e. The van der Waals surface area contributed by atoms with Gasteiger partial charge in [0, 0.05) is 10.7 Å². The predicted molar refractivity (Wildman–Crippen MR) is 77.8 cm³/mol. The van der Waals surface area contributed by atoms with Gasteiger partial charge in [-0.25, -0.2) is 0 Å². The van der Waals surface area contributed by atoms with Gasteiger partial charge in [0.2, 0.25) is 0 Å². The van der Waals surface area contributed by atoms with Gasteiger partial charge < -0.3 is 10.5 Å². The van der Waals surface area contributed by atoms with Crippen LogP contribution < -0.4 is 5.73 Å². The lowest BCUT2D eigenvalue weighted by Crippen LogP contribution is -2.16. The number of esters is 1. The molecule has 0 aliphatic heterocycles. The molecule has 20 heavy (non-hydrogen) atoms. The van der Waals surface area contributed by atoms with Gasteiger partial charge >= 0.3 is 5.97 Å². The van der Waals surface area contributed by atoms with Crippen LogP contribution in [0.3, 0.4) is 0 Å². The fraction of sp³-hybridized carbons (Fsp3) is 0.308. The van der Waals surface area contributed by atoms with Gasteiger partial charge in [-0.1, -0.05) is 0 Å². The van der Waals surface area contributed by atoms with Crippen molar-refractivity contribution < 1.29 is 9.53 Å². The average Bonchev–Trinajstić information content (AvgIpc) is 2.66. The molecule has 0 spiro atoms. The smallest absolute Gasteiger partial charge is 0.328 e. The van der Waals surface area contributed by atoms with Crippen LogP contribution >= 0.6 is 15.9 Å².